The van der Waals surface area contributed by atoms with E-state index in [9.17, 15) is 0 Å². The fraction of sp³-hybridized carbons (Fsp3) is 1.00. The van der Waals surface area contributed by atoms with Gasteiger partial charge in [0.15, 0.2) is 0 Å². The SMILES string of the molecule is CO[Si](CN(CCCN(C)C)CCCN(C)C)(OC)OC. The summed E-state index contributed by atoms with van der Waals surface area (Å²) in [6, 6.07) is 0. The molecule has 0 aliphatic rings. The summed E-state index contributed by atoms with van der Waals surface area (Å²) in [5.74, 6) is 0. The monoisotopic (exact) mass is 321 g/mol. The molecule has 0 spiro atoms. The van der Waals surface area contributed by atoms with Crippen molar-refractivity contribution in [2.24, 2.45) is 0 Å². The van der Waals surface area contributed by atoms with Gasteiger partial charge in [0.05, 0.1) is 6.17 Å². The summed E-state index contributed by atoms with van der Waals surface area (Å²) < 4.78 is 16.7. The molecule has 21 heavy (non-hydrogen) atoms. The van der Waals surface area contributed by atoms with E-state index in [4.69, 9.17) is 13.3 Å². The molecule has 0 heterocycles. The van der Waals surface area contributed by atoms with Crippen molar-refractivity contribution >= 4 is 8.80 Å². The van der Waals surface area contributed by atoms with E-state index >= 15 is 0 Å². The van der Waals surface area contributed by atoms with Gasteiger partial charge in [0, 0.05) is 21.3 Å². The number of nitrogens with zero attached hydrogens (tertiary/aromatic N) is 3. The van der Waals surface area contributed by atoms with Gasteiger partial charge >= 0.3 is 8.80 Å². The van der Waals surface area contributed by atoms with Crippen molar-refractivity contribution in [1.29, 1.82) is 0 Å². The van der Waals surface area contributed by atoms with E-state index in [1.54, 1.807) is 21.3 Å². The lowest BCUT2D eigenvalue weighted by molar-refractivity contribution is 0.101. The van der Waals surface area contributed by atoms with Crippen molar-refractivity contribution in [2.75, 3.05) is 81.9 Å². The molecular weight excluding hydrogens is 286 g/mol. The first kappa shape index (κ1) is 21.0. The minimum absolute atomic E-state index is 0.747. The van der Waals surface area contributed by atoms with Gasteiger partial charge in [-0.1, -0.05) is 0 Å². The molecule has 0 saturated heterocycles. The van der Waals surface area contributed by atoms with Gasteiger partial charge < -0.3 is 23.1 Å². The summed E-state index contributed by atoms with van der Waals surface area (Å²) in [7, 11) is 10.9. The van der Waals surface area contributed by atoms with E-state index in [1.165, 1.54) is 0 Å². The topological polar surface area (TPSA) is 37.4 Å². The van der Waals surface area contributed by atoms with Crippen LogP contribution in [0.1, 0.15) is 12.8 Å². The molecule has 7 heteroatoms. The average Bonchev–Trinajstić information content (AvgIpc) is 2.43. The Kier molecular flexibility index (Phi) is 11.5. The molecule has 6 nitrogen and oxygen atoms in total. The zero-order valence-electron chi connectivity index (χ0n) is 15.0. The Bertz CT molecular complexity index is 229. The molecule has 0 saturated carbocycles. The predicted octanol–water partition coefficient (Wildman–Crippen LogP) is 0.609. The fourth-order valence-electron chi connectivity index (χ4n) is 2.21. The van der Waals surface area contributed by atoms with Gasteiger partial charge in [0.1, 0.15) is 0 Å². The largest absolute Gasteiger partial charge is 0.514 e. The summed E-state index contributed by atoms with van der Waals surface area (Å²) in [4.78, 5) is 6.84. The zero-order chi connectivity index (χ0) is 16.3. The summed E-state index contributed by atoms with van der Waals surface area (Å²) >= 11 is 0. The van der Waals surface area contributed by atoms with Gasteiger partial charge in [-0.25, -0.2) is 0 Å². The maximum absolute atomic E-state index is 5.55. The quantitative estimate of drug-likeness (QED) is 0.463. The van der Waals surface area contributed by atoms with Crippen molar-refractivity contribution in [3.63, 3.8) is 0 Å². The lowest BCUT2D eigenvalue weighted by Gasteiger charge is -2.31. The minimum Gasteiger partial charge on any atom is -0.376 e. The van der Waals surface area contributed by atoms with Crippen molar-refractivity contribution in [1.82, 2.24) is 14.7 Å². The maximum atomic E-state index is 5.55. The molecule has 0 unspecified atom stereocenters. The molecule has 0 aliphatic heterocycles. The third-order valence-electron chi connectivity index (χ3n) is 3.51. The molecule has 0 amide bonds. The molecule has 0 rings (SSSR count). The Labute approximate surface area is 132 Å². The zero-order valence-corrected chi connectivity index (χ0v) is 16.0. The first-order valence-electron chi connectivity index (χ1n) is 7.56. The van der Waals surface area contributed by atoms with Gasteiger partial charge in [-0.15, -0.1) is 0 Å². The second-order valence-corrected chi connectivity index (χ2v) is 8.79. The first-order chi connectivity index (χ1) is 9.89. The van der Waals surface area contributed by atoms with Crippen molar-refractivity contribution in [3.05, 3.63) is 0 Å². The van der Waals surface area contributed by atoms with Crippen LogP contribution in [0.3, 0.4) is 0 Å². The van der Waals surface area contributed by atoms with E-state index in [2.05, 4.69) is 42.9 Å². The van der Waals surface area contributed by atoms with Gasteiger partial charge in [-0.2, -0.15) is 0 Å². The van der Waals surface area contributed by atoms with Crippen LogP contribution in [0.4, 0.5) is 0 Å². The molecule has 0 radical (unpaired) electrons. The molecule has 0 aromatic rings. The summed E-state index contributed by atoms with van der Waals surface area (Å²) in [5.41, 5.74) is 0. The van der Waals surface area contributed by atoms with Crippen molar-refractivity contribution in [3.8, 4) is 0 Å². The van der Waals surface area contributed by atoms with Crippen LogP contribution < -0.4 is 0 Å². The van der Waals surface area contributed by atoms with E-state index in [0.29, 0.717) is 0 Å². The Morgan fingerprint density at radius 3 is 1.33 bits per heavy atom. The fourth-order valence-corrected chi connectivity index (χ4v) is 3.96. The molecule has 0 aromatic carbocycles. The van der Waals surface area contributed by atoms with Crippen LogP contribution in [0.5, 0.6) is 0 Å². The molecule has 0 bridgehead atoms. The molecule has 0 N–H and O–H groups in total. The summed E-state index contributed by atoms with van der Waals surface area (Å²) in [6.45, 7) is 4.25. The molecular formula is C14H35N3O3Si. The molecule has 0 fully saturated rings. The smallest absolute Gasteiger partial charge is 0.376 e. The lowest BCUT2D eigenvalue weighted by Crippen LogP contribution is -2.54. The predicted molar refractivity (Wildman–Crippen MR) is 89.6 cm³/mol. The van der Waals surface area contributed by atoms with Gasteiger partial charge in [0.25, 0.3) is 0 Å². The van der Waals surface area contributed by atoms with Crippen LogP contribution in [0, 0.1) is 0 Å². The summed E-state index contributed by atoms with van der Waals surface area (Å²) in [6.07, 6.45) is 3.02. The maximum Gasteiger partial charge on any atom is 0.514 e. The third-order valence-corrected chi connectivity index (χ3v) is 6.21. The Morgan fingerprint density at radius 2 is 1.05 bits per heavy atom. The van der Waals surface area contributed by atoms with E-state index < -0.39 is 8.80 Å². The van der Waals surface area contributed by atoms with Crippen LogP contribution >= 0.6 is 0 Å². The molecule has 0 aromatic heterocycles. The van der Waals surface area contributed by atoms with Crippen LogP contribution in [0.15, 0.2) is 0 Å². The third kappa shape index (κ3) is 9.57. The number of hydrogen-bond acceptors (Lipinski definition) is 6. The molecule has 0 atom stereocenters. The highest BCUT2D eigenvalue weighted by Gasteiger charge is 2.39. The van der Waals surface area contributed by atoms with E-state index in [1.807, 2.05) is 0 Å². The van der Waals surface area contributed by atoms with Gasteiger partial charge in [-0.3, -0.25) is 4.90 Å². The van der Waals surface area contributed by atoms with Crippen molar-refractivity contribution < 1.29 is 13.3 Å². The second-order valence-electron chi connectivity index (χ2n) is 5.89. The highest BCUT2D eigenvalue weighted by molar-refractivity contribution is 6.60. The van der Waals surface area contributed by atoms with Crippen molar-refractivity contribution in [2.45, 2.75) is 12.8 Å². The van der Waals surface area contributed by atoms with Crippen LogP contribution in [-0.2, 0) is 13.3 Å². The van der Waals surface area contributed by atoms with Gasteiger partial charge in [-0.05, 0) is 67.2 Å². The van der Waals surface area contributed by atoms with E-state index in [-0.39, 0.29) is 0 Å². The summed E-state index contributed by atoms with van der Waals surface area (Å²) in [5, 5.41) is 0. The Hall–Kier alpha value is -0.0231. The lowest BCUT2D eigenvalue weighted by atomic mass is 10.3. The second kappa shape index (κ2) is 11.5. The average molecular weight is 322 g/mol. The minimum atomic E-state index is -2.54. The Balaban J connectivity index is 4.46. The van der Waals surface area contributed by atoms with Crippen LogP contribution in [0.25, 0.3) is 0 Å². The van der Waals surface area contributed by atoms with Gasteiger partial charge in [0.2, 0.25) is 0 Å². The highest BCUT2D eigenvalue weighted by Crippen LogP contribution is 2.10. The highest BCUT2D eigenvalue weighted by atomic mass is 28.4. The normalized spacial score (nSPS) is 12.9. The van der Waals surface area contributed by atoms with E-state index in [0.717, 1.165) is 45.2 Å². The van der Waals surface area contributed by atoms with Crippen LogP contribution in [-0.4, -0.2) is 105 Å². The standard InChI is InChI=1S/C14H35N3O3Si/c1-15(2)10-8-12-17(13-9-11-16(3)4)14-21(18-5,19-6)20-7/h8-14H2,1-7H3. The first-order valence-corrected chi connectivity index (χ1v) is 9.49. The number of hydrogen-bond donors (Lipinski definition) is 0. The molecule has 128 valence electrons. The molecule has 0 aliphatic carbocycles. The van der Waals surface area contributed by atoms with Crippen LogP contribution in [0.2, 0.25) is 0 Å². The Morgan fingerprint density at radius 1 is 0.667 bits per heavy atom. The number of rotatable bonds is 13.